The van der Waals surface area contributed by atoms with Crippen LogP contribution in [0.2, 0.25) is 0 Å². The van der Waals surface area contributed by atoms with Crippen molar-refractivity contribution < 1.29 is 18.6 Å². The molecular weight excluding hydrogens is 466 g/mol. The summed E-state index contributed by atoms with van der Waals surface area (Å²) in [7, 11) is 1.40. The summed E-state index contributed by atoms with van der Waals surface area (Å²) in [6.45, 7) is 5.36. The van der Waals surface area contributed by atoms with Crippen molar-refractivity contribution >= 4 is 5.82 Å². The van der Waals surface area contributed by atoms with Gasteiger partial charge in [0.25, 0.3) is 0 Å². The maximum atomic E-state index is 15.1. The molecule has 0 radical (unpaired) electrons. The van der Waals surface area contributed by atoms with Crippen molar-refractivity contribution in [1.29, 1.82) is 0 Å². The third-order valence-electron chi connectivity index (χ3n) is 7.34. The zero-order chi connectivity index (χ0) is 25.5. The predicted octanol–water partition coefficient (Wildman–Crippen LogP) is 4.71. The topological polar surface area (TPSA) is 105 Å². The van der Waals surface area contributed by atoms with Gasteiger partial charge in [-0.1, -0.05) is 0 Å². The van der Waals surface area contributed by atoms with Crippen LogP contribution in [0.3, 0.4) is 0 Å². The molecular formula is C26H30F2N6O2. The SMILES string of the molecule is COc1cc(-c2cc(O)c(-c3ccc(NCC4CC5(C)CCCC(C)(C4)N5)nn3)c(F)c2F)ncn1. The lowest BCUT2D eigenvalue weighted by Crippen LogP contribution is -2.63. The van der Waals surface area contributed by atoms with Gasteiger partial charge in [-0.15, -0.1) is 10.2 Å². The van der Waals surface area contributed by atoms with Crippen LogP contribution in [-0.4, -0.2) is 50.0 Å². The molecule has 2 aromatic heterocycles. The van der Waals surface area contributed by atoms with Crippen LogP contribution in [0.15, 0.2) is 30.6 Å². The fourth-order valence-electron chi connectivity index (χ4n) is 5.97. The van der Waals surface area contributed by atoms with Gasteiger partial charge in [-0.3, -0.25) is 0 Å². The Hall–Kier alpha value is -3.40. The van der Waals surface area contributed by atoms with Gasteiger partial charge in [0.05, 0.1) is 24.1 Å². The third kappa shape index (κ3) is 4.69. The number of hydrogen-bond acceptors (Lipinski definition) is 8. The van der Waals surface area contributed by atoms with E-state index in [0.717, 1.165) is 25.5 Å². The molecule has 2 aliphatic rings. The van der Waals surface area contributed by atoms with E-state index in [4.69, 9.17) is 4.74 Å². The Balaban J connectivity index is 1.32. The Kier molecular flexibility index (Phi) is 6.23. The monoisotopic (exact) mass is 496 g/mol. The molecule has 2 bridgehead atoms. The first-order chi connectivity index (χ1) is 17.2. The van der Waals surface area contributed by atoms with Gasteiger partial charge in [0.1, 0.15) is 17.9 Å². The maximum absolute atomic E-state index is 15.1. The Bertz CT molecular complexity index is 1260. The smallest absolute Gasteiger partial charge is 0.216 e. The zero-order valence-electron chi connectivity index (χ0n) is 20.6. The standard InChI is InChI=1S/C26H30F2N6O2/c1-25-7-4-8-26(2,34-25)12-15(11-25)13-29-20-6-5-17(32-33-20)22-19(35)9-16(23(27)24(22)28)18-10-21(36-3)31-14-30-18/h5-6,9-10,14-15,34-35H,4,7-8,11-13H2,1-3H3,(H,29,33). The summed E-state index contributed by atoms with van der Waals surface area (Å²) in [6.07, 6.45) is 6.97. The van der Waals surface area contributed by atoms with Crippen LogP contribution >= 0.6 is 0 Å². The molecule has 0 spiro atoms. The molecule has 190 valence electrons. The molecule has 10 heteroatoms. The van der Waals surface area contributed by atoms with Gasteiger partial charge in [0, 0.05) is 29.3 Å². The first-order valence-electron chi connectivity index (χ1n) is 12.1. The summed E-state index contributed by atoms with van der Waals surface area (Å²) >= 11 is 0. The molecule has 36 heavy (non-hydrogen) atoms. The normalized spacial score (nSPS) is 25.4. The quantitative estimate of drug-likeness (QED) is 0.451. The van der Waals surface area contributed by atoms with E-state index in [1.54, 1.807) is 6.07 Å². The number of aromatic nitrogens is 4. The molecule has 0 saturated carbocycles. The summed E-state index contributed by atoms with van der Waals surface area (Å²) in [4.78, 5) is 7.81. The molecule has 2 atom stereocenters. The number of nitrogens with one attached hydrogen (secondary N) is 2. The highest BCUT2D eigenvalue weighted by atomic mass is 19.2. The number of methoxy groups -OCH3 is 1. The average molecular weight is 497 g/mol. The number of nitrogens with zero attached hydrogens (tertiary/aromatic N) is 4. The highest BCUT2D eigenvalue weighted by Gasteiger charge is 2.45. The molecule has 0 aliphatic carbocycles. The largest absolute Gasteiger partial charge is 0.507 e. The second kappa shape index (κ2) is 9.24. The minimum atomic E-state index is -1.24. The van der Waals surface area contributed by atoms with Crippen molar-refractivity contribution in [1.82, 2.24) is 25.5 Å². The van der Waals surface area contributed by atoms with E-state index in [9.17, 15) is 9.50 Å². The van der Waals surface area contributed by atoms with Crippen molar-refractivity contribution in [2.45, 2.75) is 57.0 Å². The Morgan fingerprint density at radius 1 is 1.06 bits per heavy atom. The Morgan fingerprint density at radius 3 is 2.47 bits per heavy atom. The lowest BCUT2D eigenvalue weighted by Gasteiger charge is -2.53. The van der Waals surface area contributed by atoms with E-state index in [0.29, 0.717) is 11.7 Å². The summed E-state index contributed by atoms with van der Waals surface area (Å²) in [5.74, 6) is -1.65. The van der Waals surface area contributed by atoms with Crippen LogP contribution in [0.5, 0.6) is 11.6 Å². The van der Waals surface area contributed by atoms with Crippen LogP contribution < -0.4 is 15.4 Å². The predicted molar refractivity (Wildman–Crippen MR) is 132 cm³/mol. The molecule has 3 N–H and O–H groups in total. The number of benzene rings is 1. The fourth-order valence-corrected chi connectivity index (χ4v) is 5.97. The maximum Gasteiger partial charge on any atom is 0.216 e. The van der Waals surface area contributed by atoms with Crippen LogP contribution in [0, 0.1) is 17.6 Å². The minimum Gasteiger partial charge on any atom is -0.507 e. The van der Waals surface area contributed by atoms with Gasteiger partial charge >= 0.3 is 0 Å². The molecule has 2 aliphatic heterocycles. The number of phenols is 1. The fraction of sp³-hybridized carbons (Fsp3) is 0.462. The van der Waals surface area contributed by atoms with Crippen molar-refractivity contribution in [3.63, 3.8) is 0 Å². The van der Waals surface area contributed by atoms with Crippen molar-refractivity contribution in [3.8, 4) is 34.1 Å². The summed E-state index contributed by atoms with van der Waals surface area (Å²) in [6, 6.07) is 5.64. The number of rotatable bonds is 6. The summed E-state index contributed by atoms with van der Waals surface area (Å²) < 4.78 is 35.0. The number of fused-ring (bicyclic) bond motifs is 2. The number of piperidine rings is 2. The zero-order valence-corrected chi connectivity index (χ0v) is 20.6. The average Bonchev–Trinajstić information content (AvgIpc) is 2.84. The Labute approximate surface area is 208 Å². The van der Waals surface area contributed by atoms with E-state index in [2.05, 4.69) is 44.6 Å². The van der Waals surface area contributed by atoms with Crippen LogP contribution in [0.25, 0.3) is 22.5 Å². The number of anilines is 1. The lowest BCUT2D eigenvalue weighted by molar-refractivity contribution is 0.0589. The minimum absolute atomic E-state index is 0.0256. The summed E-state index contributed by atoms with van der Waals surface area (Å²) in [5.41, 5.74) is -0.142. The first kappa shape index (κ1) is 24.3. The highest BCUT2D eigenvalue weighted by molar-refractivity contribution is 5.74. The van der Waals surface area contributed by atoms with Crippen LogP contribution in [-0.2, 0) is 0 Å². The molecule has 2 fully saturated rings. The van der Waals surface area contributed by atoms with Gasteiger partial charge in [-0.05, 0) is 70.1 Å². The molecule has 4 heterocycles. The van der Waals surface area contributed by atoms with E-state index < -0.39 is 17.4 Å². The molecule has 0 amide bonds. The Morgan fingerprint density at radius 2 is 1.81 bits per heavy atom. The van der Waals surface area contributed by atoms with E-state index in [1.165, 1.54) is 44.8 Å². The van der Waals surface area contributed by atoms with Crippen LogP contribution in [0.4, 0.5) is 14.6 Å². The molecule has 2 saturated heterocycles. The second-order valence-electron chi connectivity index (χ2n) is 10.5. The van der Waals surface area contributed by atoms with E-state index >= 15 is 4.39 Å². The second-order valence-corrected chi connectivity index (χ2v) is 10.5. The lowest BCUT2D eigenvalue weighted by atomic mass is 9.67. The molecule has 5 rings (SSSR count). The van der Waals surface area contributed by atoms with Gasteiger partial charge in [-0.2, -0.15) is 0 Å². The number of hydrogen-bond donors (Lipinski definition) is 3. The number of phenolic OH excluding ortho intramolecular Hbond substituents is 1. The third-order valence-corrected chi connectivity index (χ3v) is 7.34. The number of halogens is 2. The van der Waals surface area contributed by atoms with Gasteiger partial charge in [-0.25, -0.2) is 18.7 Å². The molecule has 2 unspecified atom stereocenters. The number of aromatic hydroxyl groups is 1. The number of ether oxygens (including phenoxy) is 1. The molecule has 3 aromatic rings. The van der Waals surface area contributed by atoms with Gasteiger partial charge < -0.3 is 20.5 Å². The van der Waals surface area contributed by atoms with E-state index in [-0.39, 0.29) is 39.5 Å². The van der Waals surface area contributed by atoms with Crippen LogP contribution in [0.1, 0.15) is 46.0 Å². The molecule has 1 aromatic carbocycles. The van der Waals surface area contributed by atoms with Crippen molar-refractivity contribution in [3.05, 3.63) is 42.2 Å². The van der Waals surface area contributed by atoms with E-state index in [1.807, 2.05) is 0 Å². The van der Waals surface area contributed by atoms with Gasteiger partial charge in [0.15, 0.2) is 11.6 Å². The molecule has 8 nitrogen and oxygen atoms in total. The van der Waals surface area contributed by atoms with Gasteiger partial charge in [0.2, 0.25) is 5.88 Å². The highest BCUT2D eigenvalue weighted by Crippen LogP contribution is 2.42. The van der Waals surface area contributed by atoms with Crippen molar-refractivity contribution in [2.24, 2.45) is 5.92 Å². The summed E-state index contributed by atoms with van der Waals surface area (Å²) in [5, 5.41) is 25.9. The first-order valence-corrected chi connectivity index (χ1v) is 12.1. The van der Waals surface area contributed by atoms with Crippen molar-refractivity contribution in [2.75, 3.05) is 19.0 Å².